The van der Waals surface area contributed by atoms with Crippen LogP contribution in [-0.4, -0.2) is 83.5 Å². The molecule has 1 aliphatic rings. The Kier molecular flexibility index (Phi) is 19.4. The number of phosphoric acid groups is 1. The number of nitrogens with two attached hydrogens (primary N) is 4. The fourth-order valence-electron chi connectivity index (χ4n) is 3.59. The highest BCUT2D eigenvalue weighted by atomic mass is 31.2. The maximum Gasteiger partial charge on any atom is 0.338 e. The number of carbonyl (C=O) groups is 3. The maximum atomic E-state index is 10.8. The number of aromatic carboxylic acids is 1. The molecule has 2 heterocycles. The van der Waals surface area contributed by atoms with Crippen LogP contribution in [0.1, 0.15) is 55.1 Å². The molecule has 1 aromatic rings. The van der Waals surface area contributed by atoms with Gasteiger partial charge in [-0.2, -0.15) is 4.57 Å². The first kappa shape index (κ1) is 42.2. The van der Waals surface area contributed by atoms with Gasteiger partial charge < -0.3 is 75.0 Å². The van der Waals surface area contributed by atoms with E-state index in [1.54, 1.807) is 0 Å². The van der Waals surface area contributed by atoms with E-state index in [9.17, 15) is 54.3 Å². The van der Waals surface area contributed by atoms with Crippen molar-refractivity contribution >= 4 is 37.5 Å². The number of unbranched alkanes of at least 4 members (excludes halogenated alkanes) is 1. The number of ether oxygens (including phenoxy) is 1. The van der Waals surface area contributed by atoms with Crippen molar-refractivity contribution in [2.75, 3.05) is 13.2 Å². The number of carboxylic acid groups (broad SMARTS) is 3. The van der Waals surface area contributed by atoms with Gasteiger partial charge in [-0.05, 0) is 25.3 Å². The molecule has 21 nitrogen and oxygen atoms in total. The summed E-state index contributed by atoms with van der Waals surface area (Å²) in [5, 5.41) is 56.1. The normalized spacial score (nSPS) is 20.1. The highest BCUT2D eigenvalue weighted by Gasteiger charge is 2.48. The molecular formula is C24H43N8O13P. The van der Waals surface area contributed by atoms with Crippen LogP contribution in [0.2, 0.25) is 0 Å². The second-order valence-electron chi connectivity index (χ2n) is 9.99. The SMILES string of the molecule is NC(=[NH2+])CCCC[C@H]([NH3+])C(=O)[O-].NC(N)=[NH+]CCC[C@H]([NH3+])C(=O)[O-].O=C([O-])c1ccc[n+]([C@@H]2O[C@H](COP(=O)([O-])[O-])[C@@H](O)[C@H]2O)c1. The average Bonchev–Trinajstić information content (AvgIpc) is 3.25. The summed E-state index contributed by atoms with van der Waals surface area (Å²) in [7, 11) is -5.24. The van der Waals surface area contributed by atoms with Crippen molar-refractivity contribution in [2.45, 2.75) is 75.1 Å². The molecule has 17 N–H and O–H groups in total. The van der Waals surface area contributed by atoms with E-state index in [2.05, 4.69) is 21.0 Å². The minimum absolute atomic E-state index is 0.143. The van der Waals surface area contributed by atoms with E-state index in [1.165, 1.54) is 22.9 Å². The van der Waals surface area contributed by atoms with Crippen LogP contribution >= 0.6 is 7.82 Å². The first-order valence-electron chi connectivity index (χ1n) is 13.7. The molecular weight excluding hydrogens is 639 g/mol. The third-order valence-corrected chi connectivity index (χ3v) is 6.54. The number of rotatable bonds is 16. The lowest BCUT2D eigenvalue weighted by Crippen LogP contribution is -2.78. The summed E-state index contributed by atoms with van der Waals surface area (Å²) in [6, 6.07) is 1.34. The quantitative estimate of drug-likeness (QED) is 0.0257. The topological polar surface area (TPSA) is 419 Å². The number of aromatic nitrogens is 1. The molecule has 6 atom stereocenters. The number of pyridine rings is 1. The van der Waals surface area contributed by atoms with Gasteiger partial charge in [0.2, 0.25) is 5.84 Å². The highest BCUT2D eigenvalue weighted by Crippen LogP contribution is 2.30. The van der Waals surface area contributed by atoms with Crippen LogP contribution in [0, 0.1) is 0 Å². The van der Waals surface area contributed by atoms with Gasteiger partial charge in [-0.15, -0.1) is 0 Å². The van der Waals surface area contributed by atoms with E-state index >= 15 is 0 Å². The number of aliphatic hydroxyl groups excluding tert-OH is 2. The fourth-order valence-corrected chi connectivity index (χ4v) is 3.92. The Labute approximate surface area is 263 Å². The molecule has 0 spiro atoms. The lowest BCUT2D eigenvalue weighted by atomic mass is 10.1. The van der Waals surface area contributed by atoms with Crippen molar-refractivity contribution in [1.29, 1.82) is 0 Å². The number of nitrogens with zero attached hydrogens (tertiary/aromatic N) is 1. The van der Waals surface area contributed by atoms with Gasteiger partial charge in [0.1, 0.15) is 24.3 Å². The Balaban J connectivity index is 0.000000722. The van der Waals surface area contributed by atoms with Gasteiger partial charge in [-0.1, -0.05) is 0 Å². The number of quaternary nitrogens is 2. The number of aliphatic carboxylic acids is 2. The third kappa shape index (κ3) is 18.2. The number of hydrogen-bond acceptors (Lipinski definition) is 13. The molecule has 1 aromatic heterocycles. The first-order chi connectivity index (χ1) is 21.3. The minimum atomic E-state index is -5.24. The van der Waals surface area contributed by atoms with Gasteiger partial charge in [0, 0.05) is 25.3 Å². The van der Waals surface area contributed by atoms with Gasteiger partial charge in [-0.3, -0.25) is 27.6 Å². The summed E-state index contributed by atoms with van der Waals surface area (Å²) in [5.41, 5.74) is 22.1. The first-order valence-corrected chi connectivity index (χ1v) is 15.2. The lowest BCUT2D eigenvalue weighted by molar-refractivity contribution is -0.765. The minimum Gasteiger partial charge on any atom is -0.790 e. The third-order valence-electron chi connectivity index (χ3n) is 6.08. The predicted molar refractivity (Wildman–Crippen MR) is 142 cm³/mol. The van der Waals surface area contributed by atoms with Gasteiger partial charge in [-0.25, -0.2) is 0 Å². The van der Waals surface area contributed by atoms with Crippen molar-refractivity contribution < 1.29 is 90.0 Å². The molecule has 2 rings (SSSR count). The van der Waals surface area contributed by atoms with Crippen LogP contribution in [0.25, 0.3) is 0 Å². The molecule has 22 heteroatoms. The molecule has 0 bridgehead atoms. The van der Waals surface area contributed by atoms with Crippen LogP contribution in [0.3, 0.4) is 0 Å². The number of carboxylic acids is 3. The molecule has 1 fully saturated rings. The number of guanidine groups is 1. The zero-order chi connectivity index (χ0) is 35.6. The van der Waals surface area contributed by atoms with E-state index in [-0.39, 0.29) is 11.5 Å². The standard InChI is InChI=1S/C11H14NO9P.C7H15N3O2.C6H14N4O2/c13-8-7(5-20-22(17,18)19)21-10(9(8)14)12-3-1-2-6(4-12)11(15)16;8-5(7(11)12)3-1-2-4-6(9)10;7-4(5(11)12)2-1-3-10-6(8)9/h1-4,7-10,13-14H,5H2,(H2-,15,16,17,18,19);5H,1-4,8H2,(H3,9,10)(H,11,12);4H,1-3,7H2,(H,11,12)(H4,8,9,10)/t7-,8-,9-,10-;5-;4-/m100/s1. The highest BCUT2D eigenvalue weighted by molar-refractivity contribution is 7.43. The molecule has 0 unspecified atom stereocenters. The number of aliphatic hydroxyl groups is 2. The second-order valence-corrected chi connectivity index (χ2v) is 11.1. The Morgan fingerprint density at radius 2 is 1.61 bits per heavy atom. The van der Waals surface area contributed by atoms with Gasteiger partial charge >= 0.3 is 5.96 Å². The Morgan fingerprint density at radius 3 is 2.09 bits per heavy atom. The number of phosphoric ester groups is 1. The van der Waals surface area contributed by atoms with Crippen molar-refractivity contribution in [3.63, 3.8) is 0 Å². The van der Waals surface area contributed by atoms with Crippen LogP contribution in [-0.2, 0) is 23.4 Å². The van der Waals surface area contributed by atoms with Gasteiger partial charge in [0.25, 0.3) is 6.23 Å². The summed E-state index contributed by atoms with van der Waals surface area (Å²) in [6.07, 6.45) is 0.896. The van der Waals surface area contributed by atoms with Gasteiger partial charge in [0.15, 0.2) is 18.5 Å². The predicted octanol–water partition coefficient (Wildman–Crippen LogP) is -13.7. The molecule has 1 saturated heterocycles. The van der Waals surface area contributed by atoms with Crippen molar-refractivity contribution in [3.8, 4) is 0 Å². The monoisotopic (exact) mass is 682 g/mol. The molecule has 1 aliphatic heterocycles. The second kappa shape index (κ2) is 21.1. The smallest absolute Gasteiger partial charge is 0.338 e. The van der Waals surface area contributed by atoms with E-state index in [0.717, 1.165) is 19.0 Å². The van der Waals surface area contributed by atoms with Crippen molar-refractivity contribution in [2.24, 2.45) is 17.2 Å². The molecule has 0 aromatic carbocycles. The van der Waals surface area contributed by atoms with Crippen molar-refractivity contribution in [1.82, 2.24) is 0 Å². The maximum absolute atomic E-state index is 10.8. The number of nitrogens with one attached hydrogen (secondary N) is 1. The Hall–Kier alpha value is -3.79. The molecule has 0 radical (unpaired) electrons. The average molecular weight is 683 g/mol. The Bertz CT molecular complexity index is 1210. The largest absolute Gasteiger partial charge is 0.790 e. The summed E-state index contributed by atoms with van der Waals surface area (Å²) in [4.78, 5) is 54.7. The van der Waals surface area contributed by atoms with E-state index < -0.39 is 69.0 Å². The van der Waals surface area contributed by atoms with Gasteiger partial charge in [0.05, 0.1) is 44.4 Å². The van der Waals surface area contributed by atoms with Crippen LogP contribution < -0.4 is 68.7 Å². The lowest BCUT2D eigenvalue weighted by Gasteiger charge is -2.30. The zero-order valence-electron chi connectivity index (χ0n) is 24.9. The van der Waals surface area contributed by atoms with Crippen LogP contribution in [0.4, 0.5) is 0 Å². The van der Waals surface area contributed by atoms with Crippen LogP contribution in [0.15, 0.2) is 24.5 Å². The number of hydrogen-bond donors (Lipinski definition) is 9. The molecule has 0 saturated carbocycles. The summed E-state index contributed by atoms with van der Waals surface area (Å²) >= 11 is 0. The summed E-state index contributed by atoms with van der Waals surface area (Å²) in [5.74, 6) is -3.13. The van der Waals surface area contributed by atoms with E-state index in [0.29, 0.717) is 38.1 Å². The van der Waals surface area contributed by atoms with E-state index in [4.69, 9.17) is 27.3 Å². The number of carbonyl (C=O) groups excluding carboxylic acids is 3. The number of amidine groups is 1. The zero-order valence-corrected chi connectivity index (χ0v) is 25.8. The van der Waals surface area contributed by atoms with Crippen molar-refractivity contribution in [3.05, 3.63) is 30.1 Å². The summed E-state index contributed by atoms with van der Waals surface area (Å²) < 4.78 is 20.8. The summed E-state index contributed by atoms with van der Waals surface area (Å²) in [6.45, 7) is -0.207. The molecule has 262 valence electrons. The molecule has 46 heavy (non-hydrogen) atoms. The Morgan fingerprint density at radius 1 is 1.04 bits per heavy atom. The molecule has 0 aliphatic carbocycles. The molecule has 0 amide bonds. The van der Waals surface area contributed by atoms with E-state index in [1.807, 2.05) is 0 Å². The fraction of sp³-hybridized carbons (Fsp3) is 0.583. The van der Waals surface area contributed by atoms with Crippen LogP contribution in [0.5, 0.6) is 0 Å².